The lowest BCUT2D eigenvalue weighted by Gasteiger charge is -2.21. The van der Waals surface area contributed by atoms with Gasteiger partial charge in [0.25, 0.3) is 0 Å². The van der Waals surface area contributed by atoms with Crippen molar-refractivity contribution in [3.05, 3.63) is 29.8 Å². The molecule has 0 aliphatic rings. The zero-order valence-electron chi connectivity index (χ0n) is 11.6. The van der Waals surface area contributed by atoms with Crippen LogP contribution in [-0.2, 0) is 4.74 Å². The van der Waals surface area contributed by atoms with Crippen LogP contribution in [0.2, 0.25) is 0 Å². The summed E-state index contributed by atoms with van der Waals surface area (Å²) in [5, 5.41) is 0. The van der Waals surface area contributed by atoms with Gasteiger partial charge in [0.05, 0.1) is 7.11 Å². The molecular weight excluding hydrogens is 228 g/mol. The highest BCUT2D eigenvalue weighted by molar-refractivity contribution is 5.30. The fourth-order valence-electron chi connectivity index (χ4n) is 1.88. The molecule has 102 valence electrons. The largest absolute Gasteiger partial charge is 0.497 e. The number of rotatable bonds is 8. The zero-order valence-corrected chi connectivity index (χ0v) is 11.6. The van der Waals surface area contributed by atoms with Gasteiger partial charge in [-0.3, -0.25) is 0 Å². The number of nitrogens with zero attached hydrogens (tertiary/aromatic N) is 1. The maximum atomic E-state index is 6.20. The van der Waals surface area contributed by atoms with Crippen LogP contribution in [0.5, 0.6) is 5.75 Å². The Morgan fingerprint density at radius 3 is 2.78 bits per heavy atom. The van der Waals surface area contributed by atoms with E-state index < -0.39 is 0 Å². The molecule has 18 heavy (non-hydrogen) atoms. The maximum Gasteiger partial charge on any atom is 0.119 e. The second kappa shape index (κ2) is 8.08. The van der Waals surface area contributed by atoms with Crippen molar-refractivity contribution in [1.29, 1.82) is 0 Å². The Labute approximate surface area is 110 Å². The molecule has 0 spiro atoms. The predicted octanol–water partition coefficient (Wildman–Crippen LogP) is 1.66. The van der Waals surface area contributed by atoms with Crippen molar-refractivity contribution < 1.29 is 9.47 Å². The van der Waals surface area contributed by atoms with Gasteiger partial charge in [-0.1, -0.05) is 12.1 Å². The fourth-order valence-corrected chi connectivity index (χ4v) is 1.88. The molecule has 0 radical (unpaired) electrons. The number of likely N-dealkylation sites (N-methyl/N-ethyl adjacent to an activating group) is 1. The lowest BCUT2D eigenvalue weighted by atomic mass is 10.1. The Morgan fingerprint density at radius 1 is 1.33 bits per heavy atom. The van der Waals surface area contributed by atoms with Crippen LogP contribution in [0, 0.1) is 0 Å². The third-order valence-corrected chi connectivity index (χ3v) is 2.92. The molecule has 1 aromatic rings. The highest BCUT2D eigenvalue weighted by Crippen LogP contribution is 2.18. The van der Waals surface area contributed by atoms with E-state index in [4.69, 9.17) is 15.2 Å². The molecule has 4 nitrogen and oxygen atoms in total. The number of hydrogen-bond donors (Lipinski definition) is 1. The quantitative estimate of drug-likeness (QED) is 0.715. The summed E-state index contributed by atoms with van der Waals surface area (Å²) >= 11 is 0. The lowest BCUT2D eigenvalue weighted by Crippen LogP contribution is -2.30. The van der Waals surface area contributed by atoms with E-state index >= 15 is 0 Å². The van der Waals surface area contributed by atoms with Gasteiger partial charge < -0.3 is 20.1 Å². The monoisotopic (exact) mass is 252 g/mol. The average Bonchev–Trinajstić information content (AvgIpc) is 2.39. The standard InChI is InChI=1S/C14H24N2O2/c1-16(8-5-9-17-2)11-14(15)12-6-4-7-13(10-12)18-3/h4,6-7,10,14H,5,8-9,11,15H2,1-3H3. The molecule has 1 aromatic carbocycles. The van der Waals surface area contributed by atoms with Crippen LogP contribution in [0.3, 0.4) is 0 Å². The molecular formula is C14H24N2O2. The van der Waals surface area contributed by atoms with E-state index in [9.17, 15) is 0 Å². The van der Waals surface area contributed by atoms with Crippen LogP contribution in [0.15, 0.2) is 24.3 Å². The van der Waals surface area contributed by atoms with Gasteiger partial charge in [0.2, 0.25) is 0 Å². The van der Waals surface area contributed by atoms with E-state index in [0.29, 0.717) is 0 Å². The SMILES string of the molecule is COCCCN(C)CC(N)c1cccc(OC)c1. The fraction of sp³-hybridized carbons (Fsp3) is 0.571. The first-order valence-corrected chi connectivity index (χ1v) is 6.24. The normalized spacial score (nSPS) is 12.7. The van der Waals surface area contributed by atoms with Gasteiger partial charge >= 0.3 is 0 Å². The number of ether oxygens (including phenoxy) is 2. The molecule has 0 amide bonds. The van der Waals surface area contributed by atoms with E-state index in [1.807, 2.05) is 24.3 Å². The van der Waals surface area contributed by atoms with Gasteiger partial charge in [-0.15, -0.1) is 0 Å². The number of hydrogen-bond acceptors (Lipinski definition) is 4. The Morgan fingerprint density at radius 2 is 2.11 bits per heavy atom. The molecule has 1 rings (SSSR count). The van der Waals surface area contributed by atoms with E-state index in [0.717, 1.165) is 37.4 Å². The molecule has 1 atom stereocenters. The Kier molecular flexibility index (Phi) is 6.72. The zero-order chi connectivity index (χ0) is 13.4. The molecule has 4 heteroatoms. The molecule has 0 aliphatic carbocycles. The summed E-state index contributed by atoms with van der Waals surface area (Å²) in [4.78, 5) is 2.23. The van der Waals surface area contributed by atoms with Crippen LogP contribution >= 0.6 is 0 Å². The first-order valence-electron chi connectivity index (χ1n) is 6.24. The molecule has 0 bridgehead atoms. The molecule has 0 fully saturated rings. The summed E-state index contributed by atoms with van der Waals surface area (Å²) in [6.45, 7) is 2.61. The molecule has 0 aliphatic heterocycles. The summed E-state index contributed by atoms with van der Waals surface area (Å²) in [5.74, 6) is 0.852. The lowest BCUT2D eigenvalue weighted by molar-refractivity contribution is 0.177. The van der Waals surface area contributed by atoms with E-state index in [2.05, 4.69) is 11.9 Å². The van der Waals surface area contributed by atoms with Crippen LogP contribution < -0.4 is 10.5 Å². The minimum atomic E-state index is 0.00708. The Balaban J connectivity index is 2.45. The molecule has 0 saturated carbocycles. The third-order valence-electron chi connectivity index (χ3n) is 2.92. The molecule has 0 aromatic heterocycles. The number of nitrogens with two attached hydrogens (primary N) is 1. The Bertz CT molecular complexity index is 344. The highest BCUT2D eigenvalue weighted by Gasteiger charge is 2.09. The second-order valence-corrected chi connectivity index (χ2v) is 4.49. The van der Waals surface area contributed by atoms with Crippen LogP contribution in [0.1, 0.15) is 18.0 Å². The van der Waals surface area contributed by atoms with Crippen molar-refractivity contribution in [2.24, 2.45) is 5.73 Å². The first-order chi connectivity index (χ1) is 8.67. The average molecular weight is 252 g/mol. The Hall–Kier alpha value is -1.10. The van der Waals surface area contributed by atoms with Crippen molar-refractivity contribution in [3.8, 4) is 5.75 Å². The summed E-state index contributed by atoms with van der Waals surface area (Å²) in [6, 6.07) is 7.94. The predicted molar refractivity (Wildman–Crippen MR) is 73.9 cm³/mol. The summed E-state index contributed by atoms with van der Waals surface area (Å²) in [6.07, 6.45) is 1.03. The van der Waals surface area contributed by atoms with E-state index in [-0.39, 0.29) is 6.04 Å². The summed E-state index contributed by atoms with van der Waals surface area (Å²) in [7, 11) is 5.47. The maximum absolute atomic E-state index is 6.20. The van der Waals surface area contributed by atoms with Crippen LogP contribution in [0.25, 0.3) is 0 Å². The van der Waals surface area contributed by atoms with Crippen molar-refractivity contribution in [2.75, 3.05) is 41.0 Å². The highest BCUT2D eigenvalue weighted by atomic mass is 16.5. The summed E-state index contributed by atoms with van der Waals surface area (Å²) < 4.78 is 10.2. The van der Waals surface area contributed by atoms with Crippen molar-refractivity contribution in [1.82, 2.24) is 4.90 Å². The topological polar surface area (TPSA) is 47.7 Å². The molecule has 0 heterocycles. The van der Waals surface area contributed by atoms with Crippen molar-refractivity contribution in [2.45, 2.75) is 12.5 Å². The molecule has 2 N–H and O–H groups in total. The van der Waals surface area contributed by atoms with E-state index in [1.165, 1.54) is 0 Å². The van der Waals surface area contributed by atoms with E-state index in [1.54, 1.807) is 14.2 Å². The number of methoxy groups -OCH3 is 2. The van der Waals surface area contributed by atoms with Crippen LogP contribution in [0.4, 0.5) is 0 Å². The van der Waals surface area contributed by atoms with Gasteiger partial charge in [0, 0.05) is 32.8 Å². The molecule has 0 saturated heterocycles. The first kappa shape index (κ1) is 15.0. The van der Waals surface area contributed by atoms with Gasteiger partial charge in [-0.05, 0) is 31.2 Å². The van der Waals surface area contributed by atoms with Gasteiger partial charge in [-0.2, -0.15) is 0 Å². The van der Waals surface area contributed by atoms with Gasteiger partial charge in [-0.25, -0.2) is 0 Å². The minimum Gasteiger partial charge on any atom is -0.497 e. The number of benzene rings is 1. The smallest absolute Gasteiger partial charge is 0.119 e. The van der Waals surface area contributed by atoms with Crippen LogP contribution in [-0.4, -0.2) is 45.9 Å². The molecule has 1 unspecified atom stereocenters. The minimum absolute atomic E-state index is 0.00708. The van der Waals surface area contributed by atoms with Gasteiger partial charge in [0.1, 0.15) is 5.75 Å². The third kappa shape index (κ3) is 5.04. The summed E-state index contributed by atoms with van der Waals surface area (Å²) in [5.41, 5.74) is 7.30. The van der Waals surface area contributed by atoms with Crippen molar-refractivity contribution >= 4 is 0 Å². The second-order valence-electron chi connectivity index (χ2n) is 4.49. The van der Waals surface area contributed by atoms with Crippen molar-refractivity contribution in [3.63, 3.8) is 0 Å². The van der Waals surface area contributed by atoms with Gasteiger partial charge in [0.15, 0.2) is 0 Å².